The molecule has 4 rings (SSSR count). The Morgan fingerprint density at radius 1 is 1.42 bits per heavy atom. The molecular weight excluding hydrogens is 354 g/mol. The molecule has 1 amide bonds. The summed E-state index contributed by atoms with van der Waals surface area (Å²) in [4.78, 5) is 19.6. The molecule has 1 fully saturated rings. The average Bonchev–Trinajstić information content (AvgIpc) is 3.04. The second-order valence-electron chi connectivity index (χ2n) is 7.05. The van der Waals surface area contributed by atoms with E-state index in [1.165, 1.54) is 0 Å². The average molecular weight is 374 g/mol. The lowest BCUT2D eigenvalue weighted by atomic mass is 10.1. The first kappa shape index (κ1) is 17.0. The van der Waals surface area contributed by atoms with E-state index in [9.17, 15) is 4.79 Å². The topological polar surface area (TPSA) is 80.1 Å². The molecule has 0 saturated heterocycles. The molecule has 0 radical (unpaired) electrons. The first-order valence-electron chi connectivity index (χ1n) is 8.56. The largest absolute Gasteiger partial charge is 0.486 e. The number of hydrogen-bond acceptors (Lipinski definition) is 4. The number of aromatic amines is 1. The Bertz CT molecular complexity index is 972. The highest BCUT2D eigenvalue weighted by atomic mass is 35.5. The van der Waals surface area contributed by atoms with Gasteiger partial charge >= 0.3 is 0 Å². The molecule has 6 nitrogen and oxygen atoms in total. The lowest BCUT2D eigenvalue weighted by Gasteiger charge is -2.08. The number of aryl methyl sites for hydroxylation is 1. The summed E-state index contributed by atoms with van der Waals surface area (Å²) in [6.45, 7) is 4.53. The van der Waals surface area contributed by atoms with E-state index in [4.69, 9.17) is 20.8 Å². The minimum atomic E-state index is -0.171. The summed E-state index contributed by atoms with van der Waals surface area (Å²) >= 11 is 6.33. The van der Waals surface area contributed by atoms with Gasteiger partial charge in [-0.1, -0.05) is 18.5 Å². The van der Waals surface area contributed by atoms with E-state index in [-0.39, 0.29) is 17.9 Å². The molecule has 3 aromatic rings. The number of amides is 1. The Hall–Kier alpha value is -2.47. The van der Waals surface area contributed by atoms with E-state index in [0.717, 1.165) is 29.4 Å². The van der Waals surface area contributed by atoms with Gasteiger partial charge in [0.05, 0.1) is 11.6 Å². The standard InChI is InChI=1S/C19H20ClN3O3/c1-11-22-14(9-25-11)10-26-17-7-16-12(6-15(17)20)5-13(23-16)8-21-18(24)19(2)3-4-19/h5-7,9,23H,3-4,8,10H2,1-2H3,(H,21,24). The van der Waals surface area contributed by atoms with E-state index in [1.807, 2.05) is 25.1 Å². The summed E-state index contributed by atoms with van der Waals surface area (Å²) in [6.07, 6.45) is 3.50. The lowest BCUT2D eigenvalue weighted by molar-refractivity contribution is -0.125. The molecule has 0 atom stereocenters. The minimum Gasteiger partial charge on any atom is -0.486 e. The van der Waals surface area contributed by atoms with Gasteiger partial charge in [0.2, 0.25) is 5.91 Å². The van der Waals surface area contributed by atoms with Crippen molar-refractivity contribution >= 4 is 28.4 Å². The van der Waals surface area contributed by atoms with Gasteiger partial charge < -0.3 is 19.5 Å². The smallest absolute Gasteiger partial charge is 0.226 e. The number of nitrogens with one attached hydrogen (secondary N) is 2. The van der Waals surface area contributed by atoms with Crippen LogP contribution in [-0.4, -0.2) is 15.9 Å². The first-order valence-corrected chi connectivity index (χ1v) is 8.94. The zero-order valence-corrected chi connectivity index (χ0v) is 15.4. The van der Waals surface area contributed by atoms with E-state index >= 15 is 0 Å². The highest BCUT2D eigenvalue weighted by Crippen LogP contribution is 2.45. The molecule has 2 N–H and O–H groups in total. The summed E-state index contributed by atoms with van der Waals surface area (Å²) in [5.74, 6) is 1.28. The summed E-state index contributed by atoms with van der Waals surface area (Å²) in [5.41, 5.74) is 2.37. The third-order valence-corrected chi connectivity index (χ3v) is 5.05. The van der Waals surface area contributed by atoms with Crippen LogP contribution in [0.25, 0.3) is 10.9 Å². The summed E-state index contributed by atoms with van der Waals surface area (Å²) < 4.78 is 10.9. The van der Waals surface area contributed by atoms with Crippen molar-refractivity contribution in [1.82, 2.24) is 15.3 Å². The highest BCUT2D eigenvalue weighted by Gasteiger charge is 2.44. The van der Waals surface area contributed by atoms with Crippen LogP contribution in [-0.2, 0) is 17.9 Å². The van der Waals surface area contributed by atoms with Crippen LogP contribution >= 0.6 is 11.6 Å². The fourth-order valence-electron chi connectivity index (χ4n) is 2.83. The van der Waals surface area contributed by atoms with Crippen LogP contribution < -0.4 is 10.1 Å². The Morgan fingerprint density at radius 3 is 2.92 bits per heavy atom. The molecule has 1 aromatic carbocycles. The van der Waals surface area contributed by atoms with Crippen molar-refractivity contribution in [2.45, 2.75) is 39.8 Å². The molecule has 0 bridgehead atoms. The molecule has 1 saturated carbocycles. The molecule has 0 spiro atoms. The monoisotopic (exact) mass is 373 g/mol. The van der Waals surface area contributed by atoms with Crippen LogP contribution in [0.2, 0.25) is 5.02 Å². The number of aromatic nitrogens is 2. The second kappa shape index (κ2) is 6.36. The van der Waals surface area contributed by atoms with E-state index in [1.54, 1.807) is 13.2 Å². The van der Waals surface area contributed by atoms with Crippen molar-refractivity contribution < 1.29 is 13.9 Å². The molecular formula is C19H20ClN3O3. The van der Waals surface area contributed by atoms with Crippen LogP contribution in [0.3, 0.4) is 0 Å². The molecule has 2 heterocycles. The number of oxazole rings is 1. The third-order valence-electron chi connectivity index (χ3n) is 4.76. The number of ether oxygens (including phenoxy) is 1. The maximum absolute atomic E-state index is 12.1. The molecule has 1 aliphatic carbocycles. The fourth-order valence-corrected chi connectivity index (χ4v) is 3.06. The van der Waals surface area contributed by atoms with E-state index in [0.29, 0.717) is 28.9 Å². The van der Waals surface area contributed by atoms with Gasteiger partial charge in [-0.15, -0.1) is 0 Å². The first-order chi connectivity index (χ1) is 12.4. The van der Waals surface area contributed by atoms with Gasteiger partial charge in [-0.2, -0.15) is 0 Å². The van der Waals surface area contributed by atoms with Gasteiger partial charge in [0.25, 0.3) is 0 Å². The number of carbonyl (C=O) groups is 1. The molecule has 0 unspecified atom stereocenters. The highest BCUT2D eigenvalue weighted by molar-refractivity contribution is 6.32. The predicted octanol–water partition coefficient (Wildman–Crippen LogP) is 4.11. The van der Waals surface area contributed by atoms with Crippen LogP contribution in [0.4, 0.5) is 0 Å². The molecule has 26 heavy (non-hydrogen) atoms. The van der Waals surface area contributed by atoms with Gasteiger partial charge in [0.15, 0.2) is 5.89 Å². The Labute approximate surface area is 155 Å². The molecule has 136 valence electrons. The predicted molar refractivity (Wildman–Crippen MR) is 98.1 cm³/mol. The van der Waals surface area contributed by atoms with Crippen molar-refractivity contribution in [3.63, 3.8) is 0 Å². The van der Waals surface area contributed by atoms with Gasteiger partial charge in [0, 0.05) is 35.0 Å². The fraction of sp³-hybridized carbons (Fsp3) is 0.368. The second-order valence-corrected chi connectivity index (χ2v) is 7.46. The van der Waals surface area contributed by atoms with Crippen LogP contribution in [0.15, 0.2) is 28.9 Å². The third kappa shape index (κ3) is 3.42. The normalized spacial score (nSPS) is 15.2. The van der Waals surface area contributed by atoms with Crippen LogP contribution in [0, 0.1) is 12.3 Å². The zero-order chi connectivity index (χ0) is 18.3. The summed E-state index contributed by atoms with van der Waals surface area (Å²) in [6, 6.07) is 5.70. The van der Waals surface area contributed by atoms with Gasteiger partial charge in [-0.25, -0.2) is 4.98 Å². The van der Waals surface area contributed by atoms with E-state index in [2.05, 4.69) is 15.3 Å². The van der Waals surface area contributed by atoms with Crippen molar-refractivity contribution in [3.05, 3.63) is 46.8 Å². The Kier molecular flexibility index (Phi) is 4.15. The lowest BCUT2D eigenvalue weighted by Crippen LogP contribution is -2.29. The quantitative estimate of drug-likeness (QED) is 0.681. The van der Waals surface area contributed by atoms with Crippen molar-refractivity contribution in [3.8, 4) is 5.75 Å². The van der Waals surface area contributed by atoms with E-state index < -0.39 is 0 Å². The minimum absolute atomic E-state index is 0.112. The number of hydrogen-bond donors (Lipinski definition) is 2. The number of rotatable bonds is 6. The Balaban J connectivity index is 1.46. The maximum atomic E-state index is 12.1. The maximum Gasteiger partial charge on any atom is 0.226 e. The zero-order valence-electron chi connectivity index (χ0n) is 14.7. The molecule has 1 aliphatic rings. The van der Waals surface area contributed by atoms with Crippen LogP contribution in [0.5, 0.6) is 5.75 Å². The van der Waals surface area contributed by atoms with Crippen LogP contribution in [0.1, 0.15) is 37.0 Å². The number of H-pyrrole nitrogens is 1. The number of halogens is 1. The van der Waals surface area contributed by atoms with Crippen molar-refractivity contribution in [2.24, 2.45) is 5.41 Å². The number of nitrogens with zero attached hydrogens (tertiary/aromatic N) is 1. The number of fused-ring (bicyclic) bond motifs is 1. The van der Waals surface area contributed by atoms with Gasteiger partial charge in [0.1, 0.15) is 24.3 Å². The summed E-state index contributed by atoms with van der Waals surface area (Å²) in [7, 11) is 0. The number of carbonyl (C=O) groups excluding carboxylic acids is 1. The molecule has 0 aliphatic heterocycles. The molecule has 7 heteroatoms. The van der Waals surface area contributed by atoms with Gasteiger partial charge in [-0.3, -0.25) is 4.79 Å². The molecule has 2 aromatic heterocycles. The Morgan fingerprint density at radius 2 is 2.23 bits per heavy atom. The van der Waals surface area contributed by atoms with Crippen molar-refractivity contribution in [1.29, 1.82) is 0 Å². The number of benzene rings is 1. The van der Waals surface area contributed by atoms with Gasteiger partial charge in [-0.05, 0) is 25.0 Å². The van der Waals surface area contributed by atoms with Crippen molar-refractivity contribution in [2.75, 3.05) is 0 Å². The SMILES string of the molecule is Cc1nc(COc2cc3[nH]c(CNC(=O)C4(C)CC4)cc3cc2Cl)co1. The summed E-state index contributed by atoms with van der Waals surface area (Å²) in [5, 5.41) is 4.49.